The first-order valence-corrected chi connectivity index (χ1v) is 16.5. The van der Waals surface area contributed by atoms with Gasteiger partial charge in [-0.05, 0) is 55.8 Å². The van der Waals surface area contributed by atoms with Gasteiger partial charge in [0.1, 0.15) is 28.9 Å². The Kier molecular flexibility index (Phi) is 9.01. The van der Waals surface area contributed by atoms with Crippen molar-refractivity contribution < 1.29 is 47.7 Å². The Morgan fingerprint density at radius 1 is 1.08 bits per heavy atom. The molecule has 5 amide bonds. The van der Waals surface area contributed by atoms with Crippen molar-refractivity contribution in [3.8, 4) is 11.6 Å². The number of hydrogen-bond acceptors (Lipinski definition) is 13. The molecule has 0 spiro atoms. The van der Waals surface area contributed by atoms with Crippen molar-refractivity contribution in [2.75, 3.05) is 10.6 Å². The minimum absolute atomic E-state index is 0.126. The van der Waals surface area contributed by atoms with Gasteiger partial charge in [-0.25, -0.2) is 28.1 Å². The molecule has 1 aromatic heterocycles. The smallest absolute Gasteiger partial charge is 0.327 e. The van der Waals surface area contributed by atoms with Crippen LogP contribution in [0.1, 0.15) is 25.5 Å². The Morgan fingerprint density at radius 2 is 1.73 bits per heavy atom. The average Bonchev–Trinajstić information content (AvgIpc) is 3.30. The number of aromatic nitrogens is 2. The normalized spacial score (nSPS) is 21.4. The van der Waals surface area contributed by atoms with E-state index in [0.717, 1.165) is 22.9 Å². The van der Waals surface area contributed by atoms with Crippen molar-refractivity contribution in [3.63, 3.8) is 0 Å². The number of phenolic OH excluding ortho intramolecular Hbond substituents is 1. The number of nitrogens with zero attached hydrogens (tertiary/aromatic N) is 3. The molecule has 4 atom stereocenters. The fourth-order valence-corrected chi connectivity index (χ4v) is 7.51. The van der Waals surface area contributed by atoms with Crippen LogP contribution in [-0.2, 0) is 29.2 Å². The lowest BCUT2D eigenvalue weighted by atomic mass is 9.91. The predicted octanol–water partition coefficient (Wildman–Crippen LogP) is -0.153. The summed E-state index contributed by atoms with van der Waals surface area (Å²) in [5.74, 6) is -4.12. The topological polar surface area (TPSA) is 295 Å². The van der Waals surface area contributed by atoms with Gasteiger partial charge in [0, 0.05) is 10.4 Å². The predicted molar refractivity (Wildman–Crippen MR) is 172 cm³/mol. The standard InChI is InChI=1S/C28H29N9O10S2/c1-27(2)19(22(42)43)37-23(44)28(31-12-38,24(37)48-27)36-21(41)18(13-3-7-15(39)8-4-13)34-26(45)33-17-11-30-25(35-20(17)40)32-14-5-9-16(10-6-14)49(29,46)47/h3-12,18-19,24,39H,1-2H3,(H,31,38)(H,36,41)(H,42,43)(H2,29,46,47)(H2,33,34,45)(H2,30,32,35,40)/t18?,19-,24+,28+/m0/s1. The maximum atomic E-state index is 13.8. The summed E-state index contributed by atoms with van der Waals surface area (Å²) in [6, 6.07) is 6.51. The van der Waals surface area contributed by atoms with Crippen LogP contribution in [0.25, 0.3) is 0 Å². The molecule has 0 saturated carbocycles. The molecule has 0 aliphatic carbocycles. The lowest BCUT2D eigenvalue weighted by Crippen LogP contribution is -2.85. The average molecular weight is 716 g/mol. The molecular weight excluding hydrogens is 686 g/mol. The first-order chi connectivity index (χ1) is 23.0. The van der Waals surface area contributed by atoms with Crippen molar-refractivity contribution in [2.24, 2.45) is 5.14 Å². The van der Waals surface area contributed by atoms with Gasteiger partial charge in [-0.2, -0.15) is 4.98 Å². The van der Waals surface area contributed by atoms with Crippen molar-refractivity contribution in [3.05, 3.63) is 60.3 Å². The third-order valence-electron chi connectivity index (χ3n) is 7.61. The lowest BCUT2D eigenvalue weighted by Gasteiger charge is -2.52. The number of β-lactam (4-membered cyclic amide) rings is 1. The molecule has 2 aromatic carbocycles. The number of nitrogens with two attached hydrogens (primary N) is 1. The van der Waals surface area contributed by atoms with E-state index in [1.807, 2.05) is 0 Å². The van der Waals surface area contributed by atoms with Crippen molar-refractivity contribution in [1.29, 1.82) is 0 Å². The second-order valence-corrected chi connectivity index (χ2v) is 14.6. The highest BCUT2D eigenvalue weighted by molar-refractivity contribution is 8.01. The number of aliphatic carboxylic acids is 1. The molecule has 3 heterocycles. The van der Waals surface area contributed by atoms with Crippen LogP contribution >= 0.6 is 11.8 Å². The van der Waals surface area contributed by atoms with Crippen LogP contribution in [0.2, 0.25) is 0 Å². The number of aromatic hydroxyl groups is 2. The number of phenols is 1. The summed E-state index contributed by atoms with van der Waals surface area (Å²) < 4.78 is 21.9. The second kappa shape index (κ2) is 12.7. The molecule has 3 aromatic rings. The minimum Gasteiger partial charge on any atom is -0.508 e. The molecule has 19 nitrogen and oxygen atoms in total. The van der Waals surface area contributed by atoms with E-state index in [9.17, 15) is 47.7 Å². The van der Waals surface area contributed by atoms with Crippen LogP contribution < -0.4 is 31.7 Å². The van der Waals surface area contributed by atoms with Crippen LogP contribution in [0.15, 0.2) is 59.6 Å². The molecule has 2 fully saturated rings. The number of carbonyl (C=O) groups excluding carboxylic acids is 4. The van der Waals surface area contributed by atoms with E-state index < -0.39 is 67.6 Å². The highest BCUT2D eigenvalue weighted by Crippen LogP contribution is 2.54. The molecular formula is C28H29N9O10S2. The summed E-state index contributed by atoms with van der Waals surface area (Å²) in [6.07, 6.45) is 1.23. The number of anilines is 3. The maximum Gasteiger partial charge on any atom is 0.327 e. The number of hydrogen-bond donors (Lipinski definition) is 9. The number of rotatable bonds is 11. The summed E-state index contributed by atoms with van der Waals surface area (Å²) in [6.45, 7) is 3.22. The number of urea groups is 1. The van der Waals surface area contributed by atoms with E-state index >= 15 is 0 Å². The number of sulfonamides is 1. The van der Waals surface area contributed by atoms with E-state index in [0.29, 0.717) is 5.69 Å². The first-order valence-electron chi connectivity index (χ1n) is 14.1. The van der Waals surface area contributed by atoms with Gasteiger partial charge in [0.05, 0.1) is 11.1 Å². The van der Waals surface area contributed by atoms with Gasteiger partial charge in [0.15, 0.2) is 0 Å². The molecule has 49 heavy (non-hydrogen) atoms. The van der Waals surface area contributed by atoms with Crippen LogP contribution in [0, 0.1) is 0 Å². The number of fused-ring (bicyclic) bond motifs is 1. The molecule has 5 rings (SSSR count). The van der Waals surface area contributed by atoms with Crippen LogP contribution in [0.5, 0.6) is 11.6 Å². The van der Waals surface area contributed by atoms with Gasteiger partial charge in [0.2, 0.25) is 39.8 Å². The quantitative estimate of drug-likeness (QED) is 0.0709. The van der Waals surface area contributed by atoms with Crippen LogP contribution in [0.4, 0.5) is 22.1 Å². The SMILES string of the molecule is CC1(C)S[C@H]2N(C(=O)[C@@]2(NC=O)NC(=O)C(NC(=O)Nc2cnc(Nc3ccc(S(N)(=O)=O)cc3)nc2O)c2ccc(O)cc2)[C@H]1C(=O)O. The lowest BCUT2D eigenvalue weighted by molar-refractivity contribution is -0.172. The molecule has 258 valence electrons. The van der Waals surface area contributed by atoms with Crippen molar-refractivity contribution in [2.45, 2.75) is 46.6 Å². The number of carboxylic acid groups (broad SMARTS) is 1. The summed E-state index contributed by atoms with van der Waals surface area (Å²) in [5, 5.41) is 46.3. The Labute approximate surface area is 281 Å². The van der Waals surface area contributed by atoms with Gasteiger partial charge in [-0.15, -0.1) is 11.8 Å². The number of nitrogens with one attached hydrogen (secondary N) is 5. The Bertz CT molecular complexity index is 1940. The van der Waals surface area contributed by atoms with Gasteiger partial charge in [-0.1, -0.05) is 12.1 Å². The monoisotopic (exact) mass is 715 g/mol. The first kappa shape index (κ1) is 34.7. The van der Waals surface area contributed by atoms with E-state index in [-0.39, 0.29) is 34.3 Å². The molecule has 21 heteroatoms. The number of carbonyl (C=O) groups is 5. The van der Waals surface area contributed by atoms with Crippen molar-refractivity contribution in [1.82, 2.24) is 30.8 Å². The Balaban J connectivity index is 1.33. The molecule has 1 unspecified atom stereocenters. The van der Waals surface area contributed by atoms with Gasteiger partial charge >= 0.3 is 12.0 Å². The zero-order valence-corrected chi connectivity index (χ0v) is 27.1. The molecule has 2 aliphatic heterocycles. The fraction of sp³-hybridized carbons (Fsp3) is 0.250. The number of benzene rings is 2. The maximum absolute atomic E-state index is 13.8. The molecule has 10 N–H and O–H groups in total. The molecule has 2 aliphatic rings. The minimum atomic E-state index is -3.91. The molecule has 2 saturated heterocycles. The number of primary sulfonamides is 1. The number of thioether (sulfide) groups is 1. The van der Waals surface area contributed by atoms with E-state index in [4.69, 9.17) is 5.14 Å². The summed E-state index contributed by atoms with van der Waals surface area (Å²) >= 11 is 1.06. The van der Waals surface area contributed by atoms with E-state index in [1.165, 1.54) is 48.5 Å². The number of amides is 5. The van der Waals surface area contributed by atoms with Gasteiger partial charge in [0.25, 0.3) is 5.91 Å². The van der Waals surface area contributed by atoms with E-state index in [1.54, 1.807) is 13.8 Å². The van der Waals surface area contributed by atoms with Crippen LogP contribution in [0.3, 0.4) is 0 Å². The van der Waals surface area contributed by atoms with Crippen LogP contribution in [-0.4, -0.2) is 90.7 Å². The zero-order chi connectivity index (χ0) is 35.9. The summed E-state index contributed by atoms with van der Waals surface area (Å²) in [4.78, 5) is 72.7. The fourth-order valence-electron chi connectivity index (χ4n) is 5.34. The molecule has 0 bridgehead atoms. The summed E-state index contributed by atoms with van der Waals surface area (Å²) in [5.41, 5.74) is -1.86. The highest BCUT2D eigenvalue weighted by atomic mass is 32.2. The second-order valence-electron chi connectivity index (χ2n) is 11.3. The highest BCUT2D eigenvalue weighted by Gasteiger charge is 2.72. The van der Waals surface area contributed by atoms with Gasteiger partial charge in [-0.3, -0.25) is 14.4 Å². The third-order valence-corrected chi connectivity index (χ3v) is 10.2. The number of carboxylic acids is 1. The largest absolute Gasteiger partial charge is 0.508 e. The van der Waals surface area contributed by atoms with Gasteiger partial charge < -0.3 is 46.8 Å². The Hall–Kier alpha value is -5.67. The molecule has 0 radical (unpaired) electrons. The van der Waals surface area contributed by atoms with Crippen molar-refractivity contribution >= 4 is 69.3 Å². The van der Waals surface area contributed by atoms with E-state index in [2.05, 4.69) is 36.6 Å². The summed E-state index contributed by atoms with van der Waals surface area (Å²) in [7, 11) is -3.91. The Morgan fingerprint density at radius 3 is 2.31 bits per heavy atom. The zero-order valence-electron chi connectivity index (χ0n) is 25.4. The third kappa shape index (κ3) is 6.71.